The molecule has 3 N–H and O–H groups in total. The van der Waals surface area contributed by atoms with E-state index in [1.807, 2.05) is 0 Å². The number of carbonyl (C=O) groups is 1. The second kappa shape index (κ2) is 5.22. The highest BCUT2D eigenvalue weighted by atomic mass is 16.4. The molecule has 2 rings (SSSR count). The first-order valence-electron chi connectivity index (χ1n) is 6.01. The van der Waals surface area contributed by atoms with Crippen molar-refractivity contribution in [2.24, 2.45) is 0 Å². The lowest BCUT2D eigenvalue weighted by Gasteiger charge is -2.23. The molecule has 0 aromatic carbocycles. The zero-order valence-electron chi connectivity index (χ0n) is 10.5. The lowest BCUT2D eigenvalue weighted by molar-refractivity contribution is 0.0690. The molecule has 18 heavy (non-hydrogen) atoms. The highest BCUT2D eigenvalue weighted by Gasteiger charge is 2.17. The van der Waals surface area contributed by atoms with E-state index in [0.29, 0.717) is 11.5 Å². The van der Waals surface area contributed by atoms with Crippen LogP contribution in [0.4, 0.5) is 11.5 Å². The number of nitrogen functional groups attached to an aromatic ring is 1. The van der Waals surface area contributed by atoms with Gasteiger partial charge in [0.05, 0.1) is 5.69 Å². The molecule has 1 aromatic rings. The number of nitrogens with two attached hydrogens (primary N) is 1. The highest BCUT2D eigenvalue weighted by Crippen LogP contribution is 2.22. The molecule has 1 aliphatic heterocycles. The van der Waals surface area contributed by atoms with Gasteiger partial charge in [-0.2, -0.15) is 0 Å². The lowest BCUT2D eigenvalue weighted by Crippen LogP contribution is -2.30. The second-order valence-corrected chi connectivity index (χ2v) is 4.56. The van der Waals surface area contributed by atoms with Crippen LogP contribution in [0.25, 0.3) is 0 Å². The number of aromatic nitrogens is 1. The van der Waals surface area contributed by atoms with Crippen LogP contribution in [-0.4, -0.2) is 54.2 Å². The first-order valence-corrected chi connectivity index (χ1v) is 6.01. The molecule has 0 atom stereocenters. The Morgan fingerprint density at radius 2 is 2.11 bits per heavy atom. The molecule has 6 nitrogen and oxygen atoms in total. The molecule has 1 saturated heterocycles. The van der Waals surface area contributed by atoms with Gasteiger partial charge in [0.15, 0.2) is 11.5 Å². The van der Waals surface area contributed by atoms with Gasteiger partial charge < -0.3 is 20.6 Å². The van der Waals surface area contributed by atoms with Crippen molar-refractivity contribution in [1.82, 2.24) is 9.88 Å². The third-order valence-corrected chi connectivity index (χ3v) is 3.14. The van der Waals surface area contributed by atoms with Gasteiger partial charge in [0, 0.05) is 19.6 Å². The van der Waals surface area contributed by atoms with Crippen LogP contribution < -0.4 is 10.6 Å². The zero-order valence-corrected chi connectivity index (χ0v) is 10.5. The Hall–Kier alpha value is -1.82. The van der Waals surface area contributed by atoms with Gasteiger partial charge in [-0.05, 0) is 32.1 Å². The minimum atomic E-state index is -1.02. The van der Waals surface area contributed by atoms with E-state index >= 15 is 0 Å². The summed E-state index contributed by atoms with van der Waals surface area (Å²) in [6, 6.07) is 3.05. The summed E-state index contributed by atoms with van der Waals surface area (Å²) in [5, 5.41) is 8.97. The normalized spacial score (nSPS) is 17.5. The van der Waals surface area contributed by atoms with Crippen molar-refractivity contribution in [2.45, 2.75) is 6.42 Å². The Kier molecular flexibility index (Phi) is 3.66. The molecule has 0 bridgehead atoms. The number of hydrogen-bond donors (Lipinski definition) is 2. The molecular weight excluding hydrogens is 232 g/mol. The maximum Gasteiger partial charge on any atom is 0.354 e. The maximum absolute atomic E-state index is 10.9. The molecule has 0 saturated carbocycles. The van der Waals surface area contributed by atoms with Gasteiger partial charge >= 0.3 is 5.97 Å². The SMILES string of the molecule is CN1CCCN(c2nc(C(=O)O)ccc2N)CC1. The topological polar surface area (TPSA) is 82.7 Å². The Labute approximate surface area is 106 Å². The summed E-state index contributed by atoms with van der Waals surface area (Å²) in [6.07, 6.45) is 1.02. The van der Waals surface area contributed by atoms with Crippen molar-refractivity contribution in [1.29, 1.82) is 0 Å². The number of carboxylic acids is 1. The summed E-state index contributed by atoms with van der Waals surface area (Å²) in [6.45, 7) is 3.63. The molecule has 2 heterocycles. The number of anilines is 2. The van der Waals surface area contributed by atoms with Crippen LogP contribution in [0.5, 0.6) is 0 Å². The van der Waals surface area contributed by atoms with Gasteiger partial charge in [-0.1, -0.05) is 0 Å². The van der Waals surface area contributed by atoms with Crippen LogP contribution in [0, 0.1) is 0 Å². The van der Waals surface area contributed by atoms with E-state index in [1.165, 1.54) is 6.07 Å². The van der Waals surface area contributed by atoms with Gasteiger partial charge in [-0.3, -0.25) is 0 Å². The summed E-state index contributed by atoms with van der Waals surface area (Å²) in [4.78, 5) is 19.4. The molecule has 0 radical (unpaired) electrons. The first kappa shape index (κ1) is 12.6. The van der Waals surface area contributed by atoms with Crippen LogP contribution in [0.2, 0.25) is 0 Å². The average molecular weight is 250 g/mol. The van der Waals surface area contributed by atoms with Crippen molar-refractivity contribution >= 4 is 17.5 Å². The fourth-order valence-electron chi connectivity index (χ4n) is 2.09. The Morgan fingerprint density at radius 1 is 1.33 bits per heavy atom. The summed E-state index contributed by atoms with van der Waals surface area (Å²) < 4.78 is 0. The number of carboxylic acid groups (broad SMARTS) is 1. The van der Waals surface area contributed by atoms with Crippen LogP contribution in [-0.2, 0) is 0 Å². The smallest absolute Gasteiger partial charge is 0.354 e. The van der Waals surface area contributed by atoms with E-state index in [9.17, 15) is 4.79 Å². The predicted octanol–water partition coefficient (Wildman–Crippen LogP) is 0.504. The Morgan fingerprint density at radius 3 is 2.83 bits per heavy atom. The van der Waals surface area contributed by atoms with Crippen LogP contribution in [0.3, 0.4) is 0 Å². The predicted molar refractivity (Wildman–Crippen MR) is 69.9 cm³/mol. The van der Waals surface area contributed by atoms with Crippen LogP contribution in [0.1, 0.15) is 16.9 Å². The minimum absolute atomic E-state index is 0.0387. The first-order chi connectivity index (χ1) is 8.58. The molecule has 6 heteroatoms. The number of likely N-dealkylation sites (N-methyl/N-ethyl adjacent to an activating group) is 1. The Bertz CT molecular complexity index is 450. The maximum atomic E-state index is 10.9. The quantitative estimate of drug-likeness (QED) is 0.795. The van der Waals surface area contributed by atoms with E-state index in [2.05, 4.69) is 21.8 Å². The number of aromatic carboxylic acids is 1. The van der Waals surface area contributed by atoms with E-state index < -0.39 is 5.97 Å². The third-order valence-electron chi connectivity index (χ3n) is 3.14. The number of pyridine rings is 1. The molecule has 98 valence electrons. The van der Waals surface area contributed by atoms with E-state index in [4.69, 9.17) is 10.8 Å². The number of hydrogen-bond acceptors (Lipinski definition) is 5. The molecule has 1 fully saturated rings. The van der Waals surface area contributed by atoms with Crippen molar-refractivity contribution in [2.75, 3.05) is 43.9 Å². The van der Waals surface area contributed by atoms with Gasteiger partial charge in [0.25, 0.3) is 0 Å². The van der Waals surface area contributed by atoms with Crippen molar-refractivity contribution in [3.8, 4) is 0 Å². The largest absolute Gasteiger partial charge is 0.477 e. The third kappa shape index (κ3) is 2.70. The molecule has 1 aromatic heterocycles. The van der Waals surface area contributed by atoms with Gasteiger partial charge in [-0.15, -0.1) is 0 Å². The summed E-state index contributed by atoms with van der Waals surface area (Å²) >= 11 is 0. The summed E-state index contributed by atoms with van der Waals surface area (Å²) in [7, 11) is 2.08. The fourth-order valence-corrected chi connectivity index (χ4v) is 2.09. The van der Waals surface area contributed by atoms with E-state index in [-0.39, 0.29) is 5.69 Å². The van der Waals surface area contributed by atoms with Crippen molar-refractivity contribution in [3.05, 3.63) is 17.8 Å². The van der Waals surface area contributed by atoms with E-state index in [0.717, 1.165) is 32.6 Å². The summed E-state index contributed by atoms with van der Waals surface area (Å²) in [5.41, 5.74) is 6.47. The summed E-state index contributed by atoms with van der Waals surface area (Å²) in [5.74, 6) is -0.437. The monoisotopic (exact) mass is 250 g/mol. The number of rotatable bonds is 2. The average Bonchev–Trinajstić information content (AvgIpc) is 2.54. The van der Waals surface area contributed by atoms with Gasteiger partial charge in [-0.25, -0.2) is 9.78 Å². The molecule has 0 unspecified atom stereocenters. The molecular formula is C12H18N4O2. The highest BCUT2D eigenvalue weighted by molar-refractivity contribution is 5.87. The van der Waals surface area contributed by atoms with Crippen molar-refractivity contribution < 1.29 is 9.90 Å². The fraction of sp³-hybridized carbons (Fsp3) is 0.500. The minimum Gasteiger partial charge on any atom is -0.477 e. The molecule has 0 spiro atoms. The van der Waals surface area contributed by atoms with E-state index in [1.54, 1.807) is 6.07 Å². The van der Waals surface area contributed by atoms with Gasteiger partial charge in [0.1, 0.15) is 0 Å². The van der Waals surface area contributed by atoms with Crippen LogP contribution in [0.15, 0.2) is 12.1 Å². The van der Waals surface area contributed by atoms with Crippen molar-refractivity contribution in [3.63, 3.8) is 0 Å². The Balaban J connectivity index is 2.25. The molecule has 0 aliphatic carbocycles. The molecule has 0 amide bonds. The second-order valence-electron chi connectivity index (χ2n) is 4.56. The van der Waals surface area contributed by atoms with Gasteiger partial charge in [0.2, 0.25) is 0 Å². The van der Waals surface area contributed by atoms with Crippen LogP contribution >= 0.6 is 0 Å². The standard InChI is InChI=1S/C12H18N4O2/c1-15-5-2-6-16(8-7-15)11-9(13)3-4-10(14-11)12(17)18/h3-4H,2,5-8,13H2,1H3,(H,17,18). The lowest BCUT2D eigenvalue weighted by atomic mass is 10.3. The molecule has 1 aliphatic rings. The number of nitrogens with zero attached hydrogens (tertiary/aromatic N) is 3. The zero-order chi connectivity index (χ0) is 13.1.